The van der Waals surface area contributed by atoms with Crippen molar-refractivity contribution in [1.82, 2.24) is 14.3 Å². The summed E-state index contributed by atoms with van der Waals surface area (Å²) in [7, 11) is 0. The molecule has 0 aliphatic heterocycles. The molecule has 0 amide bonds. The standard InChI is InChI=1S/C21H20ClF4N3O3/c1-4-32-19(30)28-10-12(17-14(22)6-5-7-15(17)23)8-16(28)13-9-27-29(11-20(2,3)31)18(13)21(24,25)26/h5-10,31H,4,11H2,1-3H3. The third-order valence-electron chi connectivity index (χ3n) is 4.46. The number of aliphatic hydroxyl groups is 1. The maximum atomic E-state index is 14.5. The van der Waals surface area contributed by atoms with Gasteiger partial charge in [0.1, 0.15) is 5.82 Å². The molecule has 11 heteroatoms. The van der Waals surface area contributed by atoms with Crippen LogP contribution < -0.4 is 0 Å². The highest BCUT2D eigenvalue weighted by Gasteiger charge is 2.40. The molecule has 3 aromatic rings. The fourth-order valence-corrected chi connectivity index (χ4v) is 3.55. The summed E-state index contributed by atoms with van der Waals surface area (Å²) in [6.45, 7) is 3.74. The van der Waals surface area contributed by atoms with Crippen LogP contribution in [0.2, 0.25) is 5.02 Å². The number of hydrogen-bond acceptors (Lipinski definition) is 4. The number of benzene rings is 1. The molecular weight excluding hydrogens is 454 g/mol. The molecule has 2 heterocycles. The predicted molar refractivity (Wildman–Crippen MR) is 110 cm³/mol. The van der Waals surface area contributed by atoms with E-state index < -0.39 is 41.5 Å². The number of hydrogen-bond donors (Lipinski definition) is 1. The molecular formula is C21H20ClF4N3O3. The summed E-state index contributed by atoms with van der Waals surface area (Å²) in [6, 6.07) is 5.16. The topological polar surface area (TPSA) is 69.3 Å². The average Bonchev–Trinajstić information content (AvgIpc) is 3.24. The molecule has 32 heavy (non-hydrogen) atoms. The minimum Gasteiger partial charge on any atom is -0.449 e. The van der Waals surface area contributed by atoms with E-state index >= 15 is 0 Å². The van der Waals surface area contributed by atoms with Crippen LogP contribution in [-0.2, 0) is 17.5 Å². The first-order chi connectivity index (χ1) is 14.8. The van der Waals surface area contributed by atoms with Gasteiger partial charge in [0, 0.05) is 22.9 Å². The molecule has 1 aromatic carbocycles. The Morgan fingerprint density at radius 2 is 1.97 bits per heavy atom. The van der Waals surface area contributed by atoms with Crippen LogP contribution >= 0.6 is 11.6 Å². The Hall–Kier alpha value is -2.85. The van der Waals surface area contributed by atoms with Gasteiger partial charge < -0.3 is 9.84 Å². The normalized spacial score (nSPS) is 12.3. The van der Waals surface area contributed by atoms with E-state index in [1.165, 1.54) is 39.0 Å². The van der Waals surface area contributed by atoms with Crippen LogP contribution in [0.5, 0.6) is 0 Å². The molecule has 2 aromatic heterocycles. The van der Waals surface area contributed by atoms with Crippen LogP contribution in [0, 0.1) is 5.82 Å². The molecule has 1 N–H and O–H groups in total. The van der Waals surface area contributed by atoms with Crippen molar-refractivity contribution in [2.45, 2.75) is 39.1 Å². The lowest BCUT2D eigenvalue weighted by molar-refractivity contribution is -0.144. The van der Waals surface area contributed by atoms with E-state index in [9.17, 15) is 27.5 Å². The second-order valence-corrected chi connectivity index (χ2v) is 8.06. The summed E-state index contributed by atoms with van der Waals surface area (Å²) >= 11 is 6.10. The van der Waals surface area contributed by atoms with E-state index in [0.29, 0.717) is 4.68 Å². The van der Waals surface area contributed by atoms with Crippen LogP contribution in [0.15, 0.2) is 36.7 Å². The number of nitrogens with zero attached hydrogens (tertiary/aromatic N) is 3. The van der Waals surface area contributed by atoms with E-state index in [0.717, 1.165) is 23.0 Å². The molecule has 0 spiro atoms. The van der Waals surface area contributed by atoms with Gasteiger partial charge in [-0.05, 0) is 39.0 Å². The molecule has 6 nitrogen and oxygen atoms in total. The average molecular weight is 474 g/mol. The molecule has 0 aliphatic carbocycles. The maximum Gasteiger partial charge on any atom is 0.433 e. The Morgan fingerprint density at radius 3 is 2.53 bits per heavy atom. The first-order valence-corrected chi connectivity index (χ1v) is 9.91. The Balaban J connectivity index is 2.28. The number of halogens is 5. The van der Waals surface area contributed by atoms with Gasteiger partial charge in [-0.3, -0.25) is 9.25 Å². The van der Waals surface area contributed by atoms with Crippen LogP contribution in [0.1, 0.15) is 26.5 Å². The molecule has 0 saturated heterocycles. The van der Waals surface area contributed by atoms with Gasteiger partial charge in [-0.2, -0.15) is 18.3 Å². The van der Waals surface area contributed by atoms with Crippen molar-refractivity contribution in [3.8, 4) is 22.4 Å². The molecule has 0 atom stereocenters. The number of aromatic nitrogens is 3. The molecule has 0 unspecified atom stereocenters. The fourth-order valence-electron chi connectivity index (χ4n) is 3.28. The smallest absolute Gasteiger partial charge is 0.433 e. The Labute approximate surface area is 186 Å². The first-order valence-electron chi connectivity index (χ1n) is 9.53. The fraction of sp³-hybridized carbons (Fsp3) is 0.333. The largest absolute Gasteiger partial charge is 0.449 e. The summed E-state index contributed by atoms with van der Waals surface area (Å²) < 4.78 is 62.9. The number of carbonyl (C=O) groups is 1. The van der Waals surface area contributed by atoms with Crippen LogP contribution in [0.3, 0.4) is 0 Å². The number of rotatable bonds is 5. The summed E-state index contributed by atoms with van der Waals surface area (Å²) in [5.41, 5.74) is -3.30. The number of ether oxygens (including phenoxy) is 1. The van der Waals surface area contributed by atoms with Crippen LogP contribution in [-0.4, -0.2) is 37.8 Å². The highest BCUT2D eigenvalue weighted by atomic mass is 35.5. The van der Waals surface area contributed by atoms with Gasteiger partial charge in [0.15, 0.2) is 5.69 Å². The number of alkyl halides is 3. The van der Waals surface area contributed by atoms with Crippen LogP contribution in [0.25, 0.3) is 22.4 Å². The number of carbonyl (C=O) groups excluding carboxylic acids is 1. The van der Waals surface area contributed by atoms with Gasteiger partial charge in [0.05, 0.1) is 35.7 Å². The maximum absolute atomic E-state index is 14.5. The van der Waals surface area contributed by atoms with Gasteiger partial charge in [-0.1, -0.05) is 17.7 Å². The van der Waals surface area contributed by atoms with Crippen molar-refractivity contribution in [1.29, 1.82) is 0 Å². The van der Waals surface area contributed by atoms with E-state index in [2.05, 4.69) is 5.10 Å². The van der Waals surface area contributed by atoms with Crippen molar-refractivity contribution in [2.24, 2.45) is 0 Å². The lowest BCUT2D eigenvalue weighted by atomic mass is 10.1. The zero-order valence-corrected chi connectivity index (χ0v) is 18.1. The van der Waals surface area contributed by atoms with Crippen molar-refractivity contribution in [2.75, 3.05) is 6.61 Å². The van der Waals surface area contributed by atoms with Gasteiger partial charge in [-0.15, -0.1) is 0 Å². The Morgan fingerprint density at radius 1 is 1.28 bits per heavy atom. The van der Waals surface area contributed by atoms with Crippen molar-refractivity contribution >= 4 is 17.7 Å². The highest BCUT2D eigenvalue weighted by molar-refractivity contribution is 6.33. The minimum absolute atomic E-state index is 0.0197. The first kappa shape index (κ1) is 23.8. The molecule has 0 fully saturated rings. The molecule has 0 radical (unpaired) electrons. The lowest BCUT2D eigenvalue weighted by Gasteiger charge is -2.20. The highest BCUT2D eigenvalue weighted by Crippen LogP contribution is 2.40. The molecule has 0 aliphatic rings. The Bertz CT molecular complexity index is 1130. The van der Waals surface area contributed by atoms with Crippen LogP contribution in [0.4, 0.5) is 22.4 Å². The van der Waals surface area contributed by atoms with E-state index in [4.69, 9.17) is 16.3 Å². The third-order valence-corrected chi connectivity index (χ3v) is 4.77. The molecule has 3 rings (SSSR count). The third kappa shape index (κ3) is 4.81. The van der Waals surface area contributed by atoms with E-state index in [-0.39, 0.29) is 28.5 Å². The summed E-state index contributed by atoms with van der Waals surface area (Å²) in [5.74, 6) is -0.709. The van der Waals surface area contributed by atoms with Crippen molar-refractivity contribution in [3.63, 3.8) is 0 Å². The molecule has 0 saturated carbocycles. The predicted octanol–water partition coefficient (Wildman–Crippen LogP) is 5.61. The molecule has 0 bridgehead atoms. The van der Waals surface area contributed by atoms with Crippen molar-refractivity contribution < 1.29 is 32.2 Å². The van der Waals surface area contributed by atoms with Crippen molar-refractivity contribution in [3.05, 3.63) is 53.2 Å². The molecule has 172 valence electrons. The zero-order valence-electron chi connectivity index (χ0n) is 17.4. The van der Waals surface area contributed by atoms with Gasteiger partial charge in [0.25, 0.3) is 0 Å². The Kier molecular flexibility index (Phi) is 6.39. The summed E-state index contributed by atoms with van der Waals surface area (Å²) in [4.78, 5) is 12.5. The van der Waals surface area contributed by atoms with Gasteiger partial charge in [0.2, 0.25) is 0 Å². The second kappa shape index (κ2) is 8.59. The minimum atomic E-state index is -4.86. The summed E-state index contributed by atoms with van der Waals surface area (Å²) in [5, 5.41) is 13.8. The summed E-state index contributed by atoms with van der Waals surface area (Å²) in [6.07, 6.45) is -3.72. The lowest BCUT2D eigenvalue weighted by Crippen LogP contribution is -2.29. The van der Waals surface area contributed by atoms with Gasteiger partial charge in [-0.25, -0.2) is 9.18 Å². The van der Waals surface area contributed by atoms with E-state index in [1.54, 1.807) is 0 Å². The van der Waals surface area contributed by atoms with E-state index in [1.807, 2.05) is 0 Å². The monoisotopic (exact) mass is 473 g/mol. The SMILES string of the molecule is CCOC(=O)n1cc(-c2c(F)cccc2Cl)cc1-c1cnn(CC(C)(C)O)c1C(F)(F)F. The van der Waals surface area contributed by atoms with Gasteiger partial charge >= 0.3 is 12.3 Å². The second-order valence-electron chi connectivity index (χ2n) is 7.65. The quantitative estimate of drug-likeness (QED) is 0.489. The zero-order chi connectivity index (χ0) is 23.8.